The zero-order chi connectivity index (χ0) is 22.2. The Morgan fingerprint density at radius 3 is 2.53 bits per heavy atom. The summed E-state index contributed by atoms with van der Waals surface area (Å²) in [6, 6.07) is 23.1. The summed E-state index contributed by atoms with van der Waals surface area (Å²) in [7, 11) is 0. The summed E-state index contributed by atoms with van der Waals surface area (Å²) in [4.78, 5) is 32.6. The van der Waals surface area contributed by atoms with Crippen molar-refractivity contribution in [1.29, 1.82) is 0 Å². The smallest absolute Gasteiger partial charge is 0.268 e. The minimum atomic E-state index is -0.455. The summed E-state index contributed by atoms with van der Waals surface area (Å²) in [6.07, 6.45) is 0. The number of para-hydroxylation sites is 1. The van der Waals surface area contributed by atoms with E-state index in [2.05, 4.69) is 0 Å². The van der Waals surface area contributed by atoms with E-state index in [4.69, 9.17) is 17.2 Å². The van der Waals surface area contributed by atoms with Crippen LogP contribution < -0.4 is 5.56 Å². The van der Waals surface area contributed by atoms with Crippen molar-refractivity contribution in [1.82, 2.24) is 14.5 Å². The average Bonchev–Trinajstić information content (AvgIpc) is 3.20. The lowest BCUT2D eigenvalue weighted by Crippen LogP contribution is -2.43. The molecule has 1 fully saturated rings. The molecule has 1 atom stereocenters. The van der Waals surface area contributed by atoms with Gasteiger partial charge in [0.05, 0.1) is 16.7 Å². The van der Waals surface area contributed by atoms with E-state index in [1.165, 1.54) is 21.2 Å². The van der Waals surface area contributed by atoms with Crippen LogP contribution in [-0.2, 0) is 4.79 Å². The van der Waals surface area contributed by atoms with Gasteiger partial charge < -0.3 is 5.11 Å². The molecule has 1 aliphatic rings. The monoisotopic (exact) mass is 459 g/mol. The van der Waals surface area contributed by atoms with Gasteiger partial charge in [0, 0.05) is 5.56 Å². The number of carbonyl (C=O) groups excluding carboxylic acids is 1. The number of rotatable bonds is 2. The van der Waals surface area contributed by atoms with Crippen molar-refractivity contribution in [3.05, 3.63) is 94.8 Å². The van der Waals surface area contributed by atoms with Gasteiger partial charge in [-0.2, -0.15) is 0 Å². The summed E-state index contributed by atoms with van der Waals surface area (Å²) >= 11 is 7.15. The first kappa shape index (κ1) is 20.4. The van der Waals surface area contributed by atoms with E-state index in [1.807, 2.05) is 42.5 Å². The van der Waals surface area contributed by atoms with Gasteiger partial charge in [-0.1, -0.05) is 54.6 Å². The number of nitrogens with zero attached hydrogens (tertiary/aromatic N) is 3. The van der Waals surface area contributed by atoms with E-state index >= 15 is 0 Å². The summed E-state index contributed by atoms with van der Waals surface area (Å²) in [5.74, 6) is 0.491. The number of phenolic OH excluding ortho intramolecular Hbond substituents is 1. The van der Waals surface area contributed by atoms with Crippen LogP contribution >= 0.6 is 24.0 Å². The molecule has 0 saturated carbocycles. The van der Waals surface area contributed by atoms with E-state index in [-0.39, 0.29) is 28.1 Å². The third-order valence-corrected chi connectivity index (χ3v) is 6.82. The minimum Gasteiger partial charge on any atom is -0.508 e. The van der Waals surface area contributed by atoms with Crippen molar-refractivity contribution in [2.24, 2.45) is 0 Å². The second-order valence-electron chi connectivity index (χ2n) is 7.26. The fraction of sp³-hybridized carbons (Fsp3) is 0.0833. The summed E-state index contributed by atoms with van der Waals surface area (Å²) in [6.45, 7) is 0. The molecule has 1 unspecified atom stereocenters. The van der Waals surface area contributed by atoms with Crippen molar-refractivity contribution in [3.8, 4) is 17.1 Å². The summed E-state index contributed by atoms with van der Waals surface area (Å²) in [5.41, 5.74) is 1.66. The topological polar surface area (TPSA) is 75.4 Å². The van der Waals surface area contributed by atoms with Gasteiger partial charge in [-0.25, -0.2) is 9.55 Å². The Morgan fingerprint density at radius 2 is 1.75 bits per heavy atom. The Morgan fingerprint density at radius 1 is 1.00 bits per heavy atom. The molecule has 0 bridgehead atoms. The number of thioether (sulfide) groups is 1. The lowest BCUT2D eigenvalue weighted by atomic mass is 10.1. The van der Waals surface area contributed by atoms with E-state index in [1.54, 1.807) is 36.4 Å². The van der Waals surface area contributed by atoms with E-state index in [0.717, 1.165) is 5.56 Å². The van der Waals surface area contributed by atoms with Crippen LogP contribution in [-0.4, -0.2) is 36.3 Å². The van der Waals surface area contributed by atoms with Crippen LogP contribution in [0.5, 0.6) is 5.75 Å². The Hall–Kier alpha value is -3.49. The van der Waals surface area contributed by atoms with Crippen molar-refractivity contribution in [3.63, 3.8) is 0 Å². The van der Waals surface area contributed by atoms with Gasteiger partial charge in [0.25, 0.3) is 5.56 Å². The van der Waals surface area contributed by atoms with Crippen LogP contribution in [0, 0.1) is 0 Å². The number of amides is 1. The standard InChI is InChI=1S/C24H17N3O3S2/c28-17-10-6-9-16(13-17)23-26(20(29)14-32-23)24(31)27-21(15-7-2-1-3-8-15)25-19-12-5-4-11-18(19)22(27)30/h1-13,23,28H,14H2. The highest BCUT2D eigenvalue weighted by Crippen LogP contribution is 2.40. The fourth-order valence-corrected chi connectivity index (χ4v) is 5.34. The van der Waals surface area contributed by atoms with Gasteiger partial charge in [-0.05, 0) is 42.0 Å². The highest BCUT2D eigenvalue weighted by atomic mass is 32.2. The lowest BCUT2D eigenvalue weighted by molar-refractivity contribution is -0.124. The first-order valence-corrected chi connectivity index (χ1v) is 11.3. The quantitative estimate of drug-likeness (QED) is 0.454. The van der Waals surface area contributed by atoms with Gasteiger partial charge in [-0.3, -0.25) is 14.5 Å². The van der Waals surface area contributed by atoms with Crippen LogP contribution in [0.25, 0.3) is 22.3 Å². The number of thiocarbonyl (C=S) groups is 1. The Labute approximate surface area is 193 Å². The zero-order valence-electron chi connectivity index (χ0n) is 16.7. The maximum atomic E-state index is 13.6. The second-order valence-corrected chi connectivity index (χ2v) is 8.70. The maximum absolute atomic E-state index is 13.6. The van der Waals surface area contributed by atoms with Crippen LogP contribution in [0.4, 0.5) is 0 Å². The Balaban J connectivity index is 1.71. The van der Waals surface area contributed by atoms with Crippen molar-refractivity contribution in [2.45, 2.75) is 5.37 Å². The normalized spacial score (nSPS) is 15.9. The van der Waals surface area contributed by atoms with E-state index in [0.29, 0.717) is 22.3 Å². The van der Waals surface area contributed by atoms with E-state index in [9.17, 15) is 14.7 Å². The number of hydrogen-bond acceptors (Lipinski definition) is 6. The number of aromatic hydroxyl groups is 1. The van der Waals surface area contributed by atoms with Crippen molar-refractivity contribution >= 4 is 45.9 Å². The first-order chi connectivity index (χ1) is 15.5. The number of benzene rings is 3. The molecule has 3 aromatic carbocycles. The number of carbonyl (C=O) groups is 1. The van der Waals surface area contributed by atoms with Gasteiger partial charge in [-0.15, -0.1) is 11.8 Å². The molecule has 1 N–H and O–H groups in total. The number of phenols is 1. The third kappa shape index (κ3) is 3.47. The SMILES string of the molecule is O=C1CSC(c2cccc(O)c2)N1C(=S)n1c(-c2ccccc2)nc2ccccc2c1=O. The molecule has 1 saturated heterocycles. The molecule has 1 aliphatic heterocycles. The van der Waals surface area contributed by atoms with Crippen LogP contribution in [0.1, 0.15) is 10.9 Å². The number of fused-ring (bicyclic) bond motifs is 1. The molecule has 8 heteroatoms. The van der Waals surface area contributed by atoms with Gasteiger partial charge in [0.2, 0.25) is 5.91 Å². The molecule has 6 nitrogen and oxygen atoms in total. The average molecular weight is 460 g/mol. The molecule has 158 valence electrons. The molecule has 32 heavy (non-hydrogen) atoms. The predicted molar refractivity (Wildman–Crippen MR) is 130 cm³/mol. The molecular formula is C24H17N3O3S2. The summed E-state index contributed by atoms with van der Waals surface area (Å²) < 4.78 is 1.34. The molecule has 1 aromatic heterocycles. The molecule has 0 spiro atoms. The molecule has 5 rings (SSSR count). The summed E-state index contributed by atoms with van der Waals surface area (Å²) in [5, 5.41) is 9.96. The van der Waals surface area contributed by atoms with Crippen LogP contribution in [0.15, 0.2) is 83.7 Å². The second kappa shape index (κ2) is 8.22. The van der Waals surface area contributed by atoms with Gasteiger partial charge in [0.1, 0.15) is 16.9 Å². The molecule has 0 radical (unpaired) electrons. The molecule has 2 heterocycles. The van der Waals surface area contributed by atoms with Crippen molar-refractivity contribution < 1.29 is 9.90 Å². The zero-order valence-corrected chi connectivity index (χ0v) is 18.3. The van der Waals surface area contributed by atoms with E-state index < -0.39 is 5.37 Å². The first-order valence-electron chi connectivity index (χ1n) is 9.89. The number of aromatic nitrogens is 2. The van der Waals surface area contributed by atoms with Gasteiger partial charge >= 0.3 is 0 Å². The fourth-order valence-electron chi connectivity index (χ4n) is 3.75. The van der Waals surface area contributed by atoms with Crippen molar-refractivity contribution in [2.75, 3.05) is 5.75 Å². The predicted octanol–water partition coefficient (Wildman–Crippen LogP) is 4.18. The lowest BCUT2D eigenvalue weighted by Gasteiger charge is -2.26. The molecule has 1 amide bonds. The van der Waals surface area contributed by atoms with Crippen LogP contribution in [0.3, 0.4) is 0 Å². The highest BCUT2D eigenvalue weighted by Gasteiger charge is 2.37. The van der Waals surface area contributed by atoms with Gasteiger partial charge in [0.15, 0.2) is 5.11 Å². The highest BCUT2D eigenvalue weighted by molar-refractivity contribution is 8.00. The third-order valence-electron chi connectivity index (χ3n) is 5.23. The molecule has 4 aromatic rings. The Bertz CT molecular complexity index is 1420. The number of hydrogen-bond donors (Lipinski definition) is 1. The Kier molecular flexibility index (Phi) is 5.24. The molecule has 0 aliphatic carbocycles. The largest absolute Gasteiger partial charge is 0.508 e. The minimum absolute atomic E-state index is 0.0652. The molecular weight excluding hydrogens is 442 g/mol. The maximum Gasteiger partial charge on any atom is 0.268 e. The van der Waals surface area contributed by atoms with Crippen LogP contribution in [0.2, 0.25) is 0 Å².